The molecule has 0 spiro atoms. The first-order chi connectivity index (χ1) is 12.8. The molecule has 0 aliphatic rings. The van der Waals surface area contributed by atoms with Crippen LogP contribution in [0.1, 0.15) is 0 Å². The fourth-order valence-electron chi connectivity index (χ4n) is 2.65. The summed E-state index contributed by atoms with van der Waals surface area (Å²) in [6, 6.07) is 30.1. The molecule has 130 valence electrons. The topological polar surface area (TPSA) is 31.2 Å². The summed E-state index contributed by atoms with van der Waals surface area (Å²) in [5.41, 5.74) is 2.95. The van der Waals surface area contributed by atoms with Gasteiger partial charge in [0.25, 0.3) is 0 Å². The molecule has 3 aromatic carbocycles. The number of benzene rings is 3. The summed E-state index contributed by atoms with van der Waals surface area (Å²) in [5, 5.41) is 0. The summed E-state index contributed by atoms with van der Waals surface area (Å²) in [4.78, 5) is 13.2. The molecule has 0 saturated carbocycles. The highest BCUT2D eigenvalue weighted by Crippen LogP contribution is 2.19. The van der Waals surface area contributed by atoms with Crippen LogP contribution in [0.25, 0.3) is 0 Å². The van der Waals surface area contributed by atoms with Gasteiger partial charge in [-0.25, -0.2) is 4.99 Å². The number of aliphatic imine (C=N–C) groups is 2. The third kappa shape index (κ3) is 4.16. The minimum absolute atomic E-state index is 0.780. The second-order valence-corrected chi connectivity index (χ2v) is 5.70. The second-order valence-electron chi connectivity index (χ2n) is 5.70. The van der Waals surface area contributed by atoms with Crippen molar-refractivity contribution in [2.45, 2.75) is 0 Å². The van der Waals surface area contributed by atoms with Crippen molar-refractivity contribution in [2.75, 3.05) is 23.9 Å². The van der Waals surface area contributed by atoms with Gasteiger partial charge in [0.1, 0.15) is 6.34 Å². The Balaban J connectivity index is 1.97. The van der Waals surface area contributed by atoms with Gasteiger partial charge >= 0.3 is 0 Å². The average molecular weight is 342 g/mol. The van der Waals surface area contributed by atoms with Crippen molar-refractivity contribution in [1.29, 1.82) is 0 Å². The molecule has 0 atom stereocenters. The Kier molecular flexibility index (Phi) is 5.78. The summed E-state index contributed by atoms with van der Waals surface area (Å²) in [7, 11) is 3.80. The summed E-state index contributed by atoms with van der Waals surface area (Å²) in [5.74, 6) is 0.780. The van der Waals surface area contributed by atoms with Crippen LogP contribution in [0.4, 0.5) is 17.1 Å². The van der Waals surface area contributed by atoms with Crippen molar-refractivity contribution in [2.24, 2.45) is 9.98 Å². The van der Waals surface area contributed by atoms with E-state index >= 15 is 0 Å². The summed E-state index contributed by atoms with van der Waals surface area (Å²) in [6.45, 7) is 0. The Labute approximate surface area is 154 Å². The molecule has 0 unspecified atom stereocenters. The Morgan fingerprint density at radius 2 is 1.23 bits per heavy atom. The van der Waals surface area contributed by atoms with Crippen LogP contribution in [-0.2, 0) is 0 Å². The van der Waals surface area contributed by atoms with E-state index in [1.807, 2.05) is 102 Å². The highest BCUT2D eigenvalue weighted by Gasteiger charge is 2.17. The molecule has 0 N–H and O–H groups in total. The Morgan fingerprint density at radius 3 is 1.77 bits per heavy atom. The first-order valence-corrected chi connectivity index (χ1v) is 8.48. The Bertz CT molecular complexity index is 858. The van der Waals surface area contributed by atoms with Crippen LogP contribution in [0.15, 0.2) is 101 Å². The van der Waals surface area contributed by atoms with Gasteiger partial charge in [0.15, 0.2) is 0 Å². The molecule has 0 aliphatic heterocycles. The SMILES string of the molecule is CN=C(N(C)c1ccccc1)N(C=Nc1ccccc1)c1ccccc1. The molecule has 4 nitrogen and oxygen atoms in total. The molecule has 0 fully saturated rings. The van der Waals surface area contributed by atoms with Gasteiger partial charge in [0, 0.05) is 25.5 Å². The van der Waals surface area contributed by atoms with Crippen molar-refractivity contribution in [3.63, 3.8) is 0 Å². The van der Waals surface area contributed by atoms with E-state index < -0.39 is 0 Å². The molecule has 0 bridgehead atoms. The maximum absolute atomic E-state index is 4.62. The van der Waals surface area contributed by atoms with E-state index in [0.29, 0.717) is 0 Å². The predicted molar refractivity (Wildman–Crippen MR) is 112 cm³/mol. The molecule has 3 rings (SSSR count). The predicted octanol–water partition coefficient (Wildman–Crippen LogP) is 4.98. The Morgan fingerprint density at radius 1 is 0.731 bits per heavy atom. The first-order valence-electron chi connectivity index (χ1n) is 8.48. The molecule has 0 saturated heterocycles. The molecule has 26 heavy (non-hydrogen) atoms. The van der Waals surface area contributed by atoms with E-state index in [2.05, 4.69) is 22.1 Å². The molecule has 0 aliphatic carbocycles. The molecular weight excluding hydrogens is 320 g/mol. The molecule has 0 radical (unpaired) electrons. The lowest BCUT2D eigenvalue weighted by molar-refractivity contribution is 1.18. The maximum Gasteiger partial charge on any atom is 0.210 e. The minimum Gasteiger partial charge on any atom is -0.315 e. The molecular formula is C22H22N4. The second kappa shape index (κ2) is 8.62. The van der Waals surface area contributed by atoms with Crippen molar-refractivity contribution in [1.82, 2.24) is 0 Å². The minimum atomic E-state index is 0.780. The maximum atomic E-state index is 4.62. The number of hydrogen-bond donors (Lipinski definition) is 0. The summed E-state index contributed by atoms with van der Waals surface area (Å²) < 4.78 is 0. The summed E-state index contributed by atoms with van der Waals surface area (Å²) >= 11 is 0. The van der Waals surface area contributed by atoms with Gasteiger partial charge in [-0.3, -0.25) is 9.89 Å². The number of hydrogen-bond acceptors (Lipinski definition) is 2. The zero-order chi connectivity index (χ0) is 18.2. The first kappa shape index (κ1) is 17.4. The number of anilines is 2. The molecule has 3 aromatic rings. The Hall–Kier alpha value is -3.40. The lowest BCUT2D eigenvalue weighted by Gasteiger charge is -2.29. The van der Waals surface area contributed by atoms with Gasteiger partial charge < -0.3 is 4.90 Å². The van der Waals surface area contributed by atoms with Crippen LogP contribution in [-0.4, -0.2) is 26.4 Å². The number of rotatable bonds is 4. The van der Waals surface area contributed by atoms with Crippen molar-refractivity contribution in [3.8, 4) is 0 Å². The van der Waals surface area contributed by atoms with Gasteiger partial charge in [-0.1, -0.05) is 54.6 Å². The lowest BCUT2D eigenvalue weighted by Crippen LogP contribution is -2.42. The average Bonchev–Trinajstić information content (AvgIpc) is 2.72. The van der Waals surface area contributed by atoms with Gasteiger partial charge in [-0.15, -0.1) is 0 Å². The molecule has 0 heterocycles. The van der Waals surface area contributed by atoms with Crippen molar-refractivity contribution in [3.05, 3.63) is 91.0 Å². The van der Waals surface area contributed by atoms with Gasteiger partial charge in [-0.2, -0.15) is 0 Å². The quantitative estimate of drug-likeness (QED) is 0.495. The van der Waals surface area contributed by atoms with E-state index in [1.54, 1.807) is 7.05 Å². The van der Waals surface area contributed by atoms with Gasteiger partial charge in [0.2, 0.25) is 5.96 Å². The molecule has 0 aromatic heterocycles. The van der Waals surface area contributed by atoms with Crippen LogP contribution in [0.5, 0.6) is 0 Å². The van der Waals surface area contributed by atoms with Crippen LogP contribution < -0.4 is 9.80 Å². The van der Waals surface area contributed by atoms with E-state index in [1.165, 1.54) is 0 Å². The van der Waals surface area contributed by atoms with E-state index in [-0.39, 0.29) is 0 Å². The van der Waals surface area contributed by atoms with Gasteiger partial charge in [-0.05, 0) is 36.4 Å². The number of nitrogens with zero attached hydrogens (tertiary/aromatic N) is 4. The number of para-hydroxylation sites is 3. The molecule has 0 amide bonds. The summed E-state index contributed by atoms with van der Waals surface area (Å²) in [6.07, 6.45) is 1.81. The van der Waals surface area contributed by atoms with Crippen molar-refractivity contribution >= 4 is 29.4 Å². The van der Waals surface area contributed by atoms with E-state index in [9.17, 15) is 0 Å². The van der Waals surface area contributed by atoms with E-state index in [0.717, 1.165) is 23.0 Å². The zero-order valence-corrected chi connectivity index (χ0v) is 15.0. The lowest BCUT2D eigenvalue weighted by atomic mass is 10.3. The monoisotopic (exact) mass is 342 g/mol. The fraction of sp³-hybridized carbons (Fsp3) is 0.0909. The van der Waals surface area contributed by atoms with Crippen molar-refractivity contribution < 1.29 is 0 Å². The van der Waals surface area contributed by atoms with Crippen LogP contribution in [0.2, 0.25) is 0 Å². The highest BCUT2D eigenvalue weighted by atomic mass is 15.4. The zero-order valence-electron chi connectivity index (χ0n) is 15.0. The smallest absolute Gasteiger partial charge is 0.210 e. The third-order valence-electron chi connectivity index (χ3n) is 3.97. The fourth-order valence-corrected chi connectivity index (χ4v) is 2.65. The van der Waals surface area contributed by atoms with Crippen LogP contribution >= 0.6 is 0 Å². The van der Waals surface area contributed by atoms with Crippen LogP contribution in [0.3, 0.4) is 0 Å². The van der Waals surface area contributed by atoms with E-state index in [4.69, 9.17) is 0 Å². The number of guanidine groups is 1. The largest absolute Gasteiger partial charge is 0.315 e. The van der Waals surface area contributed by atoms with Gasteiger partial charge in [0.05, 0.1) is 5.69 Å². The normalized spacial score (nSPS) is 11.5. The standard InChI is InChI=1S/C22H22N4/c1-23-22(25(2)20-14-8-4-9-15-20)26(21-16-10-5-11-17-21)18-24-19-12-6-3-7-13-19/h3-18H,1-2H3. The highest BCUT2D eigenvalue weighted by molar-refractivity contribution is 6.17. The third-order valence-corrected chi connectivity index (χ3v) is 3.97. The molecule has 4 heteroatoms. The van der Waals surface area contributed by atoms with Crippen LogP contribution in [0, 0.1) is 0 Å².